The highest BCUT2D eigenvalue weighted by Crippen LogP contribution is 2.19. The SMILES string of the molecule is C=CCc1ccccc1-n1oc(=O)n(C(F)(F)F)c1=O. The Kier molecular flexibility index (Phi) is 3.39. The molecule has 20 heavy (non-hydrogen) atoms. The molecule has 0 atom stereocenters. The van der Waals surface area contributed by atoms with E-state index in [4.69, 9.17) is 0 Å². The van der Waals surface area contributed by atoms with Crippen molar-refractivity contribution in [3.8, 4) is 5.69 Å². The first-order valence-corrected chi connectivity index (χ1v) is 5.48. The average Bonchev–Trinajstić information content (AvgIpc) is 2.65. The summed E-state index contributed by atoms with van der Waals surface area (Å²) in [7, 11) is 0. The fourth-order valence-corrected chi connectivity index (χ4v) is 1.73. The van der Waals surface area contributed by atoms with E-state index >= 15 is 0 Å². The third kappa shape index (κ3) is 2.31. The molecule has 0 aliphatic heterocycles. The second kappa shape index (κ2) is 4.87. The molecule has 0 amide bonds. The molecule has 0 saturated carbocycles. The summed E-state index contributed by atoms with van der Waals surface area (Å²) in [5.74, 6) is -1.78. The molecule has 2 rings (SSSR count). The van der Waals surface area contributed by atoms with Crippen molar-refractivity contribution in [2.24, 2.45) is 0 Å². The lowest BCUT2D eigenvalue weighted by Crippen LogP contribution is -2.37. The molecule has 0 spiro atoms. The largest absolute Gasteiger partial charge is 0.498 e. The number of hydrogen-bond acceptors (Lipinski definition) is 3. The number of rotatable bonds is 3. The Balaban J connectivity index is 2.70. The summed E-state index contributed by atoms with van der Waals surface area (Å²) < 4.78 is 41.5. The van der Waals surface area contributed by atoms with E-state index in [9.17, 15) is 22.8 Å². The highest BCUT2D eigenvalue weighted by atomic mass is 19.4. The number of nitrogens with zero attached hydrogens (tertiary/aromatic N) is 2. The smallest absolute Gasteiger partial charge is 0.311 e. The van der Waals surface area contributed by atoms with Gasteiger partial charge in [-0.25, -0.2) is 9.59 Å². The number of allylic oxidation sites excluding steroid dienone is 1. The first-order valence-electron chi connectivity index (χ1n) is 5.48. The molecule has 5 nitrogen and oxygen atoms in total. The maximum absolute atomic E-state index is 12.6. The molecule has 0 radical (unpaired) electrons. The molecule has 1 aromatic carbocycles. The second-order valence-corrected chi connectivity index (χ2v) is 3.86. The molecule has 1 aromatic heterocycles. The maximum Gasteiger partial charge on any atom is 0.498 e. The third-order valence-corrected chi connectivity index (χ3v) is 2.55. The summed E-state index contributed by atoms with van der Waals surface area (Å²) in [5, 5.41) is 0. The van der Waals surface area contributed by atoms with Crippen LogP contribution < -0.4 is 11.4 Å². The fourth-order valence-electron chi connectivity index (χ4n) is 1.73. The van der Waals surface area contributed by atoms with E-state index < -0.39 is 22.3 Å². The van der Waals surface area contributed by atoms with Gasteiger partial charge in [0.15, 0.2) is 0 Å². The highest BCUT2D eigenvalue weighted by Gasteiger charge is 2.38. The zero-order valence-corrected chi connectivity index (χ0v) is 10.1. The zero-order chi connectivity index (χ0) is 14.9. The van der Waals surface area contributed by atoms with Gasteiger partial charge in [-0.05, 0) is 18.1 Å². The molecule has 1 heterocycles. The van der Waals surface area contributed by atoms with Crippen LogP contribution in [0.25, 0.3) is 5.69 Å². The molecule has 0 aliphatic rings. The van der Waals surface area contributed by atoms with Crippen LogP contribution in [-0.2, 0) is 12.7 Å². The van der Waals surface area contributed by atoms with E-state index in [2.05, 4.69) is 11.1 Å². The molecule has 106 valence electrons. The van der Waals surface area contributed by atoms with Gasteiger partial charge in [-0.2, -0.15) is 0 Å². The zero-order valence-electron chi connectivity index (χ0n) is 10.1. The number of para-hydroxylation sites is 1. The van der Waals surface area contributed by atoms with Gasteiger partial charge >= 0.3 is 17.7 Å². The molecular weight excluding hydrogens is 277 g/mol. The summed E-state index contributed by atoms with van der Waals surface area (Å²) in [5.41, 5.74) is -1.02. The number of halogens is 3. The van der Waals surface area contributed by atoms with Crippen LogP contribution in [-0.4, -0.2) is 9.31 Å². The van der Waals surface area contributed by atoms with Crippen molar-refractivity contribution in [1.29, 1.82) is 0 Å². The number of alkyl halides is 3. The second-order valence-electron chi connectivity index (χ2n) is 3.86. The lowest BCUT2D eigenvalue weighted by atomic mass is 10.1. The van der Waals surface area contributed by atoms with E-state index in [1.165, 1.54) is 18.2 Å². The van der Waals surface area contributed by atoms with Crippen molar-refractivity contribution in [3.63, 3.8) is 0 Å². The van der Waals surface area contributed by atoms with Crippen LogP contribution in [0.4, 0.5) is 13.2 Å². The van der Waals surface area contributed by atoms with Crippen LogP contribution in [0, 0.1) is 0 Å². The molecule has 0 aliphatic carbocycles. The maximum atomic E-state index is 12.6. The monoisotopic (exact) mass is 286 g/mol. The highest BCUT2D eigenvalue weighted by molar-refractivity contribution is 5.40. The van der Waals surface area contributed by atoms with Crippen molar-refractivity contribution in [3.05, 3.63) is 63.5 Å². The van der Waals surface area contributed by atoms with E-state index in [1.807, 2.05) is 0 Å². The summed E-state index contributed by atoms with van der Waals surface area (Å²) >= 11 is 0. The Hall–Kier alpha value is -2.51. The fraction of sp³-hybridized carbons (Fsp3) is 0.167. The molecule has 0 bridgehead atoms. The summed E-state index contributed by atoms with van der Waals surface area (Å²) in [6.45, 7) is 3.51. The van der Waals surface area contributed by atoms with E-state index in [-0.39, 0.29) is 5.69 Å². The molecule has 0 saturated heterocycles. The Morgan fingerprint density at radius 2 is 1.90 bits per heavy atom. The van der Waals surface area contributed by atoms with Gasteiger partial charge in [0.1, 0.15) is 0 Å². The quantitative estimate of drug-likeness (QED) is 0.808. The van der Waals surface area contributed by atoms with Crippen molar-refractivity contribution >= 4 is 0 Å². The van der Waals surface area contributed by atoms with Crippen LogP contribution >= 0.6 is 0 Å². The lowest BCUT2D eigenvalue weighted by molar-refractivity contribution is -0.209. The first kappa shape index (κ1) is 13.9. The average molecular weight is 286 g/mol. The first-order chi connectivity index (χ1) is 9.36. The van der Waals surface area contributed by atoms with Crippen molar-refractivity contribution in [1.82, 2.24) is 9.31 Å². The van der Waals surface area contributed by atoms with Crippen molar-refractivity contribution in [2.45, 2.75) is 12.7 Å². The standard InChI is InChI=1S/C12H9F3N2O3/c1-2-5-8-6-3-4-7-9(8)17-10(18)16(11(19)20-17)12(13,14)15/h2-4,6-7H,1,5H2. The minimum atomic E-state index is -5.13. The summed E-state index contributed by atoms with van der Waals surface area (Å²) in [4.78, 5) is 22.9. The Labute approximate surface area is 110 Å². The Bertz CT molecular complexity index is 752. The molecule has 2 aromatic rings. The van der Waals surface area contributed by atoms with Crippen molar-refractivity contribution in [2.75, 3.05) is 0 Å². The molecule has 0 unspecified atom stereocenters. The van der Waals surface area contributed by atoms with Crippen LogP contribution in [0.2, 0.25) is 0 Å². The van der Waals surface area contributed by atoms with Gasteiger partial charge in [0, 0.05) is 0 Å². The molecule has 8 heteroatoms. The molecule has 0 fully saturated rings. The minimum Gasteiger partial charge on any atom is -0.311 e. The van der Waals surface area contributed by atoms with Crippen molar-refractivity contribution < 1.29 is 17.7 Å². The third-order valence-electron chi connectivity index (χ3n) is 2.55. The summed E-state index contributed by atoms with van der Waals surface area (Å²) in [6.07, 6.45) is -3.30. The van der Waals surface area contributed by atoms with E-state index in [0.717, 1.165) is 0 Å². The predicted molar refractivity (Wildman–Crippen MR) is 63.8 cm³/mol. The van der Waals surface area contributed by atoms with Gasteiger partial charge in [-0.3, -0.25) is 0 Å². The lowest BCUT2D eigenvalue weighted by Gasteiger charge is -2.05. The Morgan fingerprint density at radius 3 is 2.45 bits per heavy atom. The topological polar surface area (TPSA) is 57.1 Å². The molecule has 0 N–H and O–H groups in total. The van der Waals surface area contributed by atoms with E-state index in [0.29, 0.717) is 16.7 Å². The number of benzene rings is 1. The van der Waals surface area contributed by atoms with Gasteiger partial charge in [0.2, 0.25) is 0 Å². The van der Waals surface area contributed by atoms with Gasteiger partial charge in [-0.15, -0.1) is 29.1 Å². The van der Waals surface area contributed by atoms with Crippen LogP contribution in [0.1, 0.15) is 5.56 Å². The van der Waals surface area contributed by atoms with Crippen LogP contribution in [0.5, 0.6) is 0 Å². The normalized spacial score (nSPS) is 11.6. The summed E-state index contributed by atoms with van der Waals surface area (Å²) in [6, 6.07) is 6.13. The Morgan fingerprint density at radius 1 is 1.25 bits per heavy atom. The number of aromatic nitrogens is 2. The van der Waals surface area contributed by atoms with Gasteiger partial charge in [0.05, 0.1) is 5.69 Å². The predicted octanol–water partition coefficient (Wildman–Crippen LogP) is 1.80. The van der Waals surface area contributed by atoms with Crippen LogP contribution in [0.15, 0.2) is 51.0 Å². The van der Waals surface area contributed by atoms with Gasteiger partial charge in [-0.1, -0.05) is 24.3 Å². The van der Waals surface area contributed by atoms with E-state index in [1.54, 1.807) is 12.1 Å². The minimum absolute atomic E-state index is 0.0671. The van der Waals surface area contributed by atoms with Gasteiger partial charge < -0.3 is 4.52 Å². The van der Waals surface area contributed by atoms with Gasteiger partial charge in [0.25, 0.3) is 0 Å². The molecular formula is C12H9F3N2O3. The number of hydrogen-bond donors (Lipinski definition) is 0. The van der Waals surface area contributed by atoms with Crippen LogP contribution in [0.3, 0.4) is 0 Å².